The van der Waals surface area contributed by atoms with Gasteiger partial charge in [-0.15, -0.1) is 5.10 Å². The zero-order valence-corrected chi connectivity index (χ0v) is 12.4. The van der Waals surface area contributed by atoms with Crippen LogP contribution in [0.25, 0.3) is 0 Å². The molecule has 1 fully saturated rings. The number of anilines is 1. The fourth-order valence-electron chi connectivity index (χ4n) is 2.49. The lowest BCUT2D eigenvalue weighted by Crippen LogP contribution is -2.41. The van der Waals surface area contributed by atoms with Crippen molar-refractivity contribution in [2.75, 3.05) is 18.0 Å². The minimum Gasteiger partial charge on any atom is -0.353 e. The van der Waals surface area contributed by atoms with Crippen LogP contribution in [0, 0.1) is 13.8 Å². The average Bonchev–Trinajstić information content (AvgIpc) is 2.31. The molecule has 0 amide bonds. The van der Waals surface area contributed by atoms with Crippen molar-refractivity contribution in [3.63, 3.8) is 0 Å². The third kappa shape index (κ3) is 2.62. The number of aromatic nitrogens is 2. The molecule has 2 heterocycles. The molecule has 0 saturated carbocycles. The Kier molecular flexibility index (Phi) is 4.12. The Hall–Kier alpha value is -0.810. The lowest BCUT2D eigenvalue weighted by molar-refractivity contribution is 0.701. The van der Waals surface area contributed by atoms with Crippen LogP contribution in [-0.2, 0) is 6.54 Å². The van der Waals surface area contributed by atoms with Gasteiger partial charge in [-0.05, 0) is 19.4 Å². The molecule has 1 saturated heterocycles. The highest BCUT2D eigenvalue weighted by atomic mass is 32.2. The number of thioether (sulfide) groups is 1. The number of hydrogen-bond acceptors (Lipinski definition) is 5. The van der Waals surface area contributed by atoms with Gasteiger partial charge in [0, 0.05) is 35.7 Å². The molecule has 0 radical (unpaired) electrons. The van der Waals surface area contributed by atoms with Gasteiger partial charge < -0.3 is 10.6 Å². The van der Waals surface area contributed by atoms with E-state index in [1.165, 1.54) is 5.56 Å². The Labute approximate surface area is 113 Å². The fourth-order valence-corrected chi connectivity index (χ4v) is 3.82. The van der Waals surface area contributed by atoms with Crippen LogP contribution < -0.4 is 10.6 Å². The zero-order valence-electron chi connectivity index (χ0n) is 11.6. The maximum absolute atomic E-state index is 5.90. The summed E-state index contributed by atoms with van der Waals surface area (Å²) >= 11 is 2.04. The van der Waals surface area contributed by atoms with E-state index in [2.05, 4.69) is 35.9 Å². The minimum absolute atomic E-state index is 0.532. The SMILES string of the molecule is Cc1nnc(N2CC(C)SC(C)C2)c(CN)c1C. The Balaban J connectivity index is 2.35. The normalized spacial score (nSPS) is 24.4. The highest BCUT2D eigenvalue weighted by molar-refractivity contribution is 8.00. The average molecular weight is 266 g/mol. The summed E-state index contributed by atoms with van der Waals surface area (Å²) in [7, 11) is 0. The van der Waals surface area contributed by atoms with Crippen LogP contribution >= 0.6 is 11.8 Å². The molecule has 1 aromatic rings. The van der Waals surface area contributed by atoms with E-state index in [1.807, 2.05) is 18.7 Å². The molecular formula is C13H22N4S. The first-order valence-electron chi connectivity index (χ1n) is 6.46. The molecule has 0 bridgehead atoms. The number of rotatable bonds is 2. The lowest BCUT2D eigenvalue weighted by atomic mass is 10.1. The van der Waals surface area contributed by atoms with Crippen LogP contribution in [0.3, 0.4) is 0 Å². The van der Waals surface area contributed by atoms with Gasteiger partial charge in [-0.3, -0.25) is 0 Å². The van der Waals surface area contributed by atoms with Crippen LogP contribution in [0.4, 0.5) is 5.82 Å². The molecule has 1 aromatic heterocycles. The smallest absolute Gasteiger partial charge is 0.156 e. The molecule has 0 aromatic carbocycles. The first kappa shape index (κ1) is 13.6. The number of hydrogen-bond donors (Lipinski definition) is 1. The van der Waals surface area contributed by atoms with Crippen molar-refractivity contribution in [1.29, 1.82) is 0 Å². The third-order valence-electron chi connectivity index (χ3n) is 3.48. The Morgan fingerprint density at radius 3 is 2.39 bits per heavy atom. The van der Waals surface area contributed by atoms with Crippen LogP contribution in [0.5, 0.6) is 0 Å². The van der Waals surface area contributed by atoms with Gasteiger partial charge in [0.25, 0.3) is 0 Å². The highest BCUT2D eigenvalue weighted by Gasteiger charge is 2.25. The van der Waals surface area contributed by atoms with Gasteiger partial charge in [-0.2, -0.15) is 16.9 Å². The minimum atomic E-state index is 0.532. The van der Waals surface area contributed by atoms with Crippen molar-refractivity contribution in [3.05, 3.63) is 16.8 Å². The van der Waals surface area contributed by atoms with E-state index in [9.17, 15) is 0 Å². The first-order valence-corrected chi connectivity index (χ1v) is 7.40. The largest absolute Gasteiger partial charge is 0.353 e. The van der Waals surface area contributed by atoms with Crippen molar-refractivity contribution in [2.24, 2.45) is 5.73 Å². The van der Waals surface area contributed by atoms with Gasteiger partial charge in [0.05, 0.1) is 5.69 Å². The van der Waals surface area contributed by atoms with Crippen LogP contribution in [0.2, 0.25) is 0 Å². The second-order valence-corrected chi connectivity index (χ2v) is 6.96. The number of aryl methyl sites for hydroxylation is 1. The Bertz CT molecular complexity index is 425. The summed E-state index contributed by atoms with van der Waals surface area (Å²) in [5, 5.41) is 9.90. The third-order valence-corrected chi connectivity index (χ3v) is 4.71. The van der Waals surface area contributed by atoms with Crippen LogP contribution in [0.15, 0.2) is 0 Å². The van der Waals surface area contributed by atoms with Crippen molar-refractivity contribution < 1.29 is 0 Å². The molecule has 2 rings (SSSR count). The maximum atomic E-state index is 5.90. The summed E-state index contributed by atoms with van der Waals surface area (Å²) in [6.07, 6.45) is 0. The monoisotopic (exact) mass is 266 g/mol. The van der Waals surface area contributed by atoms with Crippen LogP contribution in [0.1, 0.15) is 30.7 Å². The molecular weight excluding hydrogens is 244 g/mol. The molecule has 0 aliphatic carbocycles. The topological polar surface area (TPSA) is 55.0 Å². The summed E-state index contributed by atoms with van der Waals surface area (Å²) in [6, 6.07) is 0. The van der Waals surface area contributed by atoms with Gasteiger partial charge in [0.1, 0.15) is 0 Å². The molecule has 0 spiro atoms. The first-order chi connectivity index (χ1) is 8.52. The fraction of sp³-hybridized carbons (Fsp3) is 0.692. The van der Waals surface area contributed by atoms with Crippen molar-refractivity contribution in [1.82, 2.24) is 10.2 Å². The number of nitrogens with zero attached hydrogens (tertiary/aromatic N) is 3. The molecule has 18 heavy (non-hydrogen) atoms. The van der Waals surface area contributed by atoms with Crippen molar-refractivity contribution in [2.45, 2.75) is 44.7 Å². The van der Waals surface area contributed by atoms with E-state index in [0.29, 0.717) is 17.0 Å². The second-order valence-electron chi connectivity index (χ2n) is 5.08. The maximum Gasteiger partial charge on any atom is 0.156 e. The van der Waals surface area contributed by atoms with Gasteiger partial charge in [-0.1, -0.05) is 13.8 Å². The van der Waals surface area contributed by atoms with E-state index < -0.39 is 0 Å². The molecule has 100 valence electrons. The molecule has 1 aliphatic heterocycles. The molecule has 2 atom stereocenters. The quantitative estimate of drug-likeness (QED) is 0.886. The zero-order chi connectivity index (χ0) is 13.3. The van der Waals surface area contributed by atoms with E-state index in [4.69, 9.17) is 5.73 Å². The standard InChI is InChI=1S/C13H22N4S/c1-8-6-17(7-9(2)18-8)13-12(5-14)10(3)11(4)15-16-13/h8-9H,5-7,14H2,1-4H3. The molecule has 2 N–H and O–H groups in total. The Morgan fingerprint density at radius 2 is 1.83 bits per heavy atom. The second kappa shape index (κ2) is 5.45. The van der Waals surface area contributed by atoms with Gasteiger partial charge >= 0.3 is 0 Å². The van der Waals surface area contributed by atoms with Crippen molar-refractivity contribution in [3.8, 4) is 0 Å². The molecule has 4 nitrogen and oxygen atoms in total. The van der Waals surface area contributed by atoms with Gasteiger partial charge in [0.2, 0.25) is 0 Å². The van der Waals surface area contributed by atoms with E-state index in [0.717, 1.165) is 30.2 Å². The summed E-state index contributed by atoms with van der Waals surface area (Å²) in [6.45, 7) is 11.2. The highest BCUT2D eigenvalue weighted by Crippen LogP contribution is 2.30. The number of nitrogens with two attached hydrogens (primary N) is 1. The van der Waals surface area contributed by atoms with E-state index >= 15 is 0 Å². The predicted molar refractivity (Wildman–Crippen MR) is 78.1 cm³/mol. The predicted octanol–water partition coefficient (Wildman–Crippen LogP) is 1.88. The van der Waals surface area contributed by atoms with Crippen molar-refractivity contribution >= 4 is 17.6 Å². The summed E-state index contributed by atoms with van der Waals surface area (Å²) < 4.78 is 0. The Morgan fingerprint density at radius 1 is 1.22 bits per heavy atom. The molecule has 5 heteroatoms. The van der Waals surface area contributed by atoms with E-state index in [-0.39, 0.29) is 0 Å². The summed E-state index contributed by atoms with van der Waals surface area (Å²) in [4.78, 5) is 2.34. The summed E-state index contributed by atoms with van der Waals surface area (Å²) in [5.41, 5.74) is 9.20. The van der Waals surface area contributed by atoms with Gasteiger partial charge in [-0.25, -0.2) is 0 Å². The summed E-state index contributed by atoms with van der Waals surface area (Å²) in [5.74, 6) is 0.986. The van der Waals surface area contributed by atoms with E-state index in [1.54, 1.807) is 0 Å². The van der Waals surface area contributed by atoms with Gasteiger partial charge in [0.15, 0.2) is 5.82 Å². The van der Waals surface area contributed by atoms with Crippen LogP contribution in [-0.4, -0.2) is 33.8 Å². The molecule has 1 aliphatic rings. The molecule has 2 unspecified atom stereocenters. The lowest BCUT2D eigenvalue weighted by Gasteiger charge is -2.36.